The van der Waals surface area contributed by atoms with Crippen LogP contribution in [0.15, 0.2) is 4.52 Å². The molecule has 0 bridgehead atoms. The molecule has 2 atom stereocenters. The number of likely N-dealkylation sites (tertiary alicyclic amines) is 1. The molecule has 0 unspecified atom stereocenters. The predicted molar refractivity (Wildman–Crippen MR) is 92.0 cm³/mol. The number of rotatable bonds is 5. The highest BCUT2D eigenvalue weighted by molar-refractivity contribution is 5.22. The van der Waals surface area contributed by atoms with Gasteiger partial charge in [-0.2, -0.15) is 4.98 Å². The van der Waals surface area contributed by atoms with Crippen molar-refractivity contribution in [2.75, 3.05) is 13.7 Å². The third-order valence-electron chi connectivity index (χ3n) is 5.61. The highest BCUT2D eigenvalue weighted by Crippen LogP contribution is 2.34. The van der Waals surface area contributed by atoms with Crippen LogP contribution in [0.2, 0.25) is 0 Å². The van der Waals surface area contributed by atoms with Gasteiger partial charge in [-0.3, -0.25) is 4.90 Å². The van der Waals surface area contributed by atoms with Gasteiger partial charge < -0.3 is 13.8 Å². The van der Waals surface area contributed by atoms with Gasteiger partial charge in [-0.05, 0) is 52.0 Å². The molecule has 7 nitrogen and oxygen atoms in total. The maximum atomic E-state index is 5.44. The maximum absolute atomic E-state index is 5.44. The first kappa shape index (κ1) is 16.7. The van der Waals surface area contributed by atoms with Gasteiger partial charge in [-0.25, -0.2) is 4.98 Å². The third-order valence-corrected chi connectivity index (χ3v) is 5.61. The monoisotopic (exact) mass is 345 g/mol. The normalized spacial score (nSPS) is 22.3. The van der Waals surface area contributed by atoms with Gasteiger partial charge >= 0.3 is 0 Å². The van der Waals surface area contributed by atoms with E-state index in [4.69, 9.17) is 14.2 Å². The molecule has 0 spiro atoms. The van der Waals surface area contributed by atoms with Gasteiger partial charge in [0.15, 0.2) is 5.82 Å². The first-order chi connectivity index (χ1) is 12.2. The second kappa shape index (κ2) is 6.88. The van der Waals surface area contributed by atoms with Crippen molar-refractivity contribution in [1.82, 2.24) is 24.6 Å². The van der Waals surface area contributed by atoms with Gasteiger partial charge in [0.25, 0.3) is 0 Å². The van der Waals surface area contributed by atoms with Gasteiger partial charge in [0, 0.05) is 19.9 Å². The lowest BCUT2D eigenvalue weighted by Crippen LogP contribution is -2.25. The third kappa shape index (κ3) is 3.11. The number of aromatic nitrogens is 4. The molecule has 25 heavy (non-hydrogen) atoms. The van der Waals surface area contributed by atoms with Crippen LogP contribution in [0.25, 0.3) is 0 Å². The molecule has 1 aliphatic heterocycles. The van der Waals surface area contributed by atoms with E-state index >= 15 is 0 Å². The molecule has 136 valence electrons. The number of imidazole rings is 1. The van der Waals surface area contributed by atoms with E-state index in [-0.39, 0.29) is 6.10 Å². The number of hydrogen-bond acceptors (Lipinski definition) is 6. The minimum atomic E-state index is -0.145. The molecule has 0 amide bonds. The van der Waals surface area contributed by atoms with E-state index < -0.39 is 0 Å². The summed E-state index contributed by atoms with van der Waals surface area (Å²) < 4.78 is 13.0. The molecule has 1 fully saturated rings. The minimum absolute atomic E-state index is 0.145. The SMILES string of the molecule is CO[C@@H](C)c1noc(CN2CCC[C@H]2c2nc3c(n2C)CCCC3)n1. The molecule has 1 aliphatic carbocycles. The number of aryl methyl sites for hydroxylation is 1. The van der Waals surface area contributed by atoms with E-state index in [0.29, 0.717) is 24.3 Å². The Labute approximate surface area is 148 Å². The van der Waals surface area contributed by atoms with Crippen LogP contribution in [0.1, 0.15) is 73.7 Å². The van der Waals surface area contributed by atoms with Crippen molar-refractivity contribution in [3.05, 3.63) is 28.9 Å². The molecule has 2 aromatic heterocycles. The fourth-order valence-corrected chi connectivity index (χ4v) is 4.09. The van der Waals surface area contributed by atoms with Crippen molar-refractivity contribution in [3.63, 3.8) is 0 Å². The van der Waals surface area contributed by atoms with Gasteiger partial charge in [-0.15, -0.1) is 0 Å². The van der Waals surface area contributed by atoms with Crippen molar-refractivity contribution in [2.24, 2.45) is 7.05 Å². The van der Waals surface area contributed by atoms with E-state index in [0.717, 1.165) is 25.8 Å². The molecule has 2 aliphatic rings. The zero-order chi connectivity index (χ0) is 17.4. The van der Waals surface area contributed by atoms with Crippen LogP contribution in [0.3, 0.4) is 0 Å². The maximum Gasteiger partial charge on any atom is 0.240 e. The molecule has 7 heteroatoms. The molecular weight excluding hydrogens is 318 g/mol. The molecule has 0 radical (unpaired) electrons. The van der Waals surface area contributed by atoms with Crippen LogP contribution in [0.5, 0.6) is 0 Å². The number of ether oxygens (including phenoxy) is 1. The topological polar surface area (TPSA) is 69.2 Å². The number of methoxy groups -OCH3 is 1. The largest absolute Gasteiger partial charge is 0.374 e. The van der Waals surface area contributed by atoms with E-state index in [1.165, 1.54) is 36.5 Å². The lowest BCUT2D eigenvalue weighted by atomic mass is 10.0. The first-order valence-electron chi connectivity index (χ1n) is 9.31. The Morgan fingerprint density at radius 2 is 2.08 bits per heavy atom. The quantitative estimate of drug-likeness (QED) is 0.830. The Bertz CT molecular complexity index is 738. The van der Waals surface area contributed by atoms with Crippen LogP contribution in [0, 0.1) is 0 Å². The Morgan fingerprint density at radius 3 is 2.88 bits per heavy atom. The van der Waals surface area contributed by atoms with E-state index in [1.807, 2.05) is 6.92 Å². The first-order valence-corrected chi connectivity index (χ1v) is 9.31. The van der Waals surface area contributed by atoms with Crippen molar-refractivity contribution in [2.45, 2.75) is 64.1 Å². The van der Waals surface area contributed by atoms with Crippen molar-refractivity contribution in [3.8, 4) is 0 Å². The summed E-state index contributed by atoms with van der Waals surface area (Å²) in [6.07, 6.45) is 7.00. The van der Waals surface area contributed by atoms with Crippen molar-refractivity contribution in [1.29, 1.82) is 0 Å². The summed E-state index contributed by atoms with van der Waals surface area (Å²) in [5, 5.41) is 4.04. The molecule has 3 heterocycles. The van der Waals surface area contributed by atoms with Crippen LogP contribution < -0.4 is 0 Å². The number of hydrogen-bond donors (Lipinski definition) is 0. The van der Waals surface area contributed by atoms with Crippen LogP contribution in [0.4, 0.5) is 0 Å². The summed E-state index contributed by atoms with van der Waals surface area (Å²) in [5.41, 5.74) is 2.74. The average molecular weight is 345 g/mol. The second-order valence-electron chi connectivity index (χ2n) is 7.18. The molecule has 1 saturated heterocycles. The lowest BCUT2D eigenvalue weighted by molar-refractivity contribution is 0.109. The van der Waals surface area contributed by atoms with Gasteiger partial charge in [0.2, 0.25) is 5.89 Å². The molecule has 2 aromatic rings. The summed E-state index contributed by atoms with van der Waals surface area (Å²) >= 11 is 0. The fourth-order valence-electron chi connectivity index (χ4n) is 4.09. The molecular formula is C18H27N5O2. The smallest absolute Gasteiger partial charge is 0.240 e. The van der Waals surface area contributed by atoms with Crippen LogP contribution >= 0.6 is 0 Å². The van der Waals surface area contributed by atoms with E-state index in [1.54, 1.807) is 7.11 Å². The van der Waals surface area contributed by atoms with Gasteiger partial charge in [-0.1, -0.05) is 5.16 Å². The van der Waals surface area contributed by atoms with Gasteiger partial charge in [0.1, 0.15) is 11.9 Å². The van der Waals surface area contributed by atoms with Crippen LogP contribution in [-0.2, 0) is 31.2 Å². The number of fused-ring (bicyclic) bond motifs is 1. The zero-order valence-corrected chi connectivity index (χ0v) is 15.4. The summed E-state index contributed by atoms with van der Waals surface area (Å²) in [6.45, 7) is 3.64. The molecule has 0 aromatic carbocycles. The average Bonchev–Trinajstić information content (AvgIpc) is 3.35. The standard InChI is InChI=1S/C18H27N5O2/c1-12(24-3)17-20-16(25-21-17)11-23-10-6-9-15(23)18-19-13-7-4-5-8-14(13)22(18)2/h12,15H,4-11H2,1-3H3/t12-,15-/m0/s1. The minimum Gasteiger partial charge on any atom is -0.374 e. The molecule has 0 N–H and O–H groups in total. The fraction of sp³-hybridized carbons (Fsp3) is 0.722. The van der Waals surface area contributed by atoms with Crippen molar-refractivity contribution < 1.29 is 9.26 Å². The highest BCUT2D eigenvalue weighted by Gasteiger charge is 2.32. The second-order valence-corrected chi connectivity index (χ2v) is 7.18. The Balaban J connectivity index is 1.53. The zero-order valence-electron chi connectivity index (χ0n) is 15.4. The summed E-state index contributed by atoms with van der Waals surface area (Å²) in [6, 6.07) is 0.339. The Kier molecular flexibility index (Phi) is 4.60. The van der Waals surface area contributed by atoms with E-state index in [9.17, 15) is 0 Å². The predicted octanol–water partition coefficient (Wildman–Crippen LogP) is 2.73. The van der Waals surface area contributed by atoms with E-state index in [2.05, 4.69) is 26.7 Å². The Hall–Kier alpha value is -1.73. The summed E-state index contributed by atoms with van der Waals surface area (Å²) in [7, 11) is 3.83. The lowest BCUT2D eigenvalue weighted by Gasteiger charge is -2.22. The molecule has 4 rings (SSSR count). The van der Waals surface area contributed by atoms with Gasteiger partial charge in [0.05, 0.1) is 18.3 Å². The van der Waals surface area contributed by atoms with Crippen molar-refractivity contribution >= 4 is 0 Å². The highest BCUT2D eigenvalue weighted by atomic mass is 16.5. The number of nitrogens with zero attached hydrogens (tertiary/aromatic N) is 5. The Morgan fingerprint density at radius 1 is 1.24 bits per heavy atom. The summed E-state index contributed by atoms with van der Waals surface area (Å²) in [4.78, 5) is 11.9. The molecule has 0 saturated carbocycles. The van der Waals surface area contributed by atoms with Crippen LogP contribution in [-0.4, -0.2) is 38.2 Å². The summed E-state index contributed by atoms with van der Waals surface area (Å²) in [5.74, 6) is 2.47.